The molecule has 2 fully saturated rings. The van der Waals surface area contributed by atoms with Gasteiger partial charge in [0.25, 0.3) is 0 Å². The van der Waals surface area contributed by atoms with E-state index in [4.69, 9.17) is 13.9 Å². The quantitative estimate of drug-likeness (QED) is 0.395. The van der Waals surface area contributed by atoms with Crippen LogP contribution in [0.4, 0.5) is 0 Å². The summed E-state index contributed by atoms with van der Waals surface area (Å²) in [5.41, 5.74) is 0. The highest BCUT2D eigenvalue weighted by Crippen LogP contribution is 2.24. The molecular formula is C19H32N4O3. The van der Waals surface area contributed by atoms with Crippen LogP contribution < -0.4 is 10.6 Å². The second kappa shape index (κ2) is 10.5. The fraction of sp³-hybridized carbons (Fsp3) is 0.737. The molecule has 0 amide bonds. The summed E-state index contributed by atoms with van der Waals surface area (Å²) < 4.78 is 16.9. The van der Waals surface area contributed by atoms with Crippen molar-refractivity contribution in [3.05, 3.63) is 24.2 Å². The fourth-order valence-corrected chi connectivity index (χ4v) is 3.59. The van der Waals surface area contributed by atoms with E-state index in [0.29, 0.717) is 13.2 Å². The molecule has 2 N–H and O–H groups in total. The van der Waals surface area contributed by atoms with Gasteiger partial charge in [0.15, 0.2) is 5.96 Å². The van der Waals surface area contributed by atoms with Gasteiger partial charge in [-0.3, -0.25) is 9.89 Å². The molecule has 146 valence electrons. The number of ether oxygens (including phenoxy) is 2. The predicted molar refractivity (Wildman–Crippen MR) is 101 cm³/mol. The minimum atomic E-state index is 0.238. The zero-order valence-electron chi connectivity index (χ0n) is 15.8. The van der Waals surface area contributed by atoms with E-state index in [1.807, 2.05) is 6.07 Å². The molecule has 2 saturated heterocycles. The third-order valence-electron chi connectivity index (χ3n) is 5.01. The van der Waals surface area contributed by atoms with E-state index < -0.39 is 0 Å². The van der Waals surface area contributed by atoms with Crippen LogP contribution in [0.3, 0.4) is 0 Å². The standard InChI is InChI=1S/C19H32N4O3/c1-20-19(21-8-13-24-15-16-6-4-11-25-16)22-14-17(18-7-5-12-26-18)23-9-2-3-10-23/h5,7,12,16-17H,2-4,6,8-11,13-15H2,1H3,(H2,20,21,22). The van der Waals surface area contributed by atoms with Crippen LogP contribution in [0.2, 0.25) is 0 Å². The van der Waals surface area contributed by atoms with E-state index in [1.54, 1.807) is 13.3 Å². The zero-order chi connectivity index (χ0) is 18.0. The summed E-state index contributed by atoms with van der Waals surface area (Å²) in [5, 5.41) is 6.73. The topological polar surface area (TPSA) is 71.3 Å². The smallest absolute Gasteiger partial charge is 0.191 e. The lowest BCUT2D eigenvalue weighted by Gasteiger charge is -2.26. The molecule has 3 heterocycles. The molecule has 0 bridgehead atoms. The van der Waals surface area contributed by atoms with E-state index in [-0.39, 0.29) is 12.1 Å². The number of likely N-dealkylation sites (tertiary alicyclic amines) is 1. The normalized spacial score (nSPS) is 22.7. The number of guanidine groups is 1. The van der Waals surface area contributed by atoms with Crippen molar-refractivity contribution in [2.45, 2.75) is 37.8 Å². The zero-order valence-corrected chi connectivity index (χ0v) is 15.8. The molecule has 2 atom stereocenters. The molecule has 7 nitrogen and oxygen atoms in total. The molecule has 0 radical (unpaired) electrons. The maximum absolute atomic E-state index is 5.68. The molecule has 3 rings (SSSR count). The van der Waals surface area contributed by atoms with Crippen LogP contribution in [-0.4, -0.2) is 70.0 Å². The molecule has 2 aliphatic rings. The first kappa shape index (κ1) is 19.2. The van der Waals surface area contributed by atoms with Crippen LogP contribution >= 0.6 is 0 Å². The first-order valence-electron chi connectivity index (χ1n) is 9.78. The van der Waals surface area contributed by atoms with Crippen LogP contribution in [0.5, 0.6) is 0 Å². The Balaban J connectivity index is 1.37. The third-order valence-corrected chi connectivity index (χ3v) is 5.01. The third kappa shape index (κ3) is 5.72. The molecule has 2 unspecified atom stereocenters. The monoisotopic (exact) mass is 364 g/mol. The van der Waals surface area contributed by atoms with Crippen LogP contribution in [-0.2, 0) is 9.47 Å². The van der Waals surface area contributed by atoms with Crippen LogP contribution in [0.15, 0.2) is 27.8 Å². The summed E-state index contributed by atoms with van der Waals surface area (Å²) in [6.07, 6.45) is 6.80. The van der Waals surface area contributed by atoms with Crippen molar-refractivity contribution >= 4 is 5.96 Å². The molecule has 26 heavy (non-hydrogen) atoms. The Kier molecular flexibility index (Phi) is 7.79. The van der Waals surface area contributed by atoms with Crippen molar-refractivity contribution in [3.8, 4) is 0 Å². The van der Waals surface area contributed by atoms with Crippen molar-refractivity contribution in [1.29, 1.82) is 0 Å². The van der Waals surface area contributed by atoms with Gasteiger partial charge in [0.05, 0.1) is 31.6 Å². The Hall–Kier alpha value is -1.57. The van der Waals surface area contributed by atoms with Gasteiger partial charge in [-0.15, -0.1) is 0 Å². The van der Waals surface area contributed by atoms with E-state index >= 15 is 0 Å². The van der Waals surface area contributed by atoms with Crippen molar-refractivity contribution in [1.82, 2.24) is 15.5 Å². The van der Waals surface area contributed by atoms with Crippen LogP contribution in [0.1, 0.15) is 37.5 Å². The summed E-state index contributed by atoms with van der Waals surface area (Å²) in [6, 6.07) is 4.25. The van der Waals surface area contributed by atoms with Crippen molar-refractivity contribution in [3.63, 3.8) is 0 Å². The first-order valence-corrected chi connectivity index (χ1v) is 9.78. The molecular weight excluding hydrogens is 332 g/mol. The Morgan fingerprint density at radius 3 is 2.92 bits per heavy atom. The summed E-state index contributed by atoms with van der Waals surface area (Å²) in [5.74, 6) is 1.80. The number of hydrogen-bond acceptors (Lipinski definition) is 5. The van der Waals surface area contributed by atoms with Crippen molar-refractivity contribution < 1.29 is 13.9 Å². The van der Waals surface area contributed by atoms with E-state index in [1.165, 1.54) is 12.8 Å². The Bertz CT molecular complexity index is 523. The fourth-order valence-electron chi connectivity index (χ4n) is 3.59. The number of hydrogen-bond donors (Lipinski definition) is 2. The Labute approximate surface area is 156 Å². The number of nitrogens with one attached hydrogen (secondary N) is 2. The van der Waals surface area contributed by atoms with Crippen molar-refractivity contribution in [2.24, 2.45) is 4.99 Å². The SMILES string of the molecule is CN=C(NCCOCC1CCCO1)NCC(c1ccco1)N1CCCC1. The molecule has 2 aliphatic heterocycles. The molecule has 0 saturated carbocycles. The lowest BCUT2D eigenvalue weighted by atomic mass is 10.2. The minimum absolute atomic E-state index is 0.238. The van der Waals surface area contributed by atoms with Gasteiger partial charge >= 0.3 is 0 Å². The summed E-state index contributed by atoms with van der Waals surface area (Å²) in [4.78, 5) is 6.78. The summed E-state index contributed by atoms with van der Waals surface area (Å²) in [6.45, 7) is 5.94. The van der Waals surface area contributed by atoms with Gasteiger partial charge < -0.3 is 24.5 Å². The van der Waals surface area contributed by atoms with E-state index in [2.05, 4.69) is 26.6 Å². The minimum Gasteiger partial charge on any atom is -0.468 e. The maximum Gasteiger partial charge on any atom is 0.191 e. The van der Waals surface area contributed by atoms with Gasteiger partial charge in [0, 0.05) is 26.7 Å². The second-order valence-corrected chi connectivity index (χ2v) is 6.86. The highest BCUT2D eigenvalue weighted by atomic mass is 16.5. The van der Waals surface area contributed by atoms with Gasteiger partial charge in [-0.05, 0) is 50.9 Å². The van der Waals surface area contributed by atoms with E-state index in [9.17, 15) is 0 Å². The molecule has 0 aliphatic carbocycles. The number of rotatable bonds is 9. The largest absolute Gasteiger partial charge is 0.468 e. The highest BCUT2D eigenvalue weighted by molar-refractivity contribution is 5.79. The van der Waals surface area contributed by atoms with Crippen LogP contribution in [0, 0.1) is 0 Å². The Morgan fingerprint density at radius 2 is 2.23 bits per heavy atom. The summed E-state index contributed by atoms with van der Waals surface area (Å²) >= 11 is 0. The lowest BCUT2D eigenvalue weighted by molar-refractivity contribution is 0.0191. The maximum atomic E-state index is 5.68. The number of furan rings is 1. The van der Waals surface area contributed by atoms with Gasteiger partial charge in [-0.25, -0.2) is 0 Å². The van der Waals surface area contributed by atoms with Gasteiger partial charge in [0.1, 0.15) is 5.76 Å². The molecule has 1 aromatic heterocycles. The molecule has 7 heteroatoms. The predicted octanol–water partition coefficient (Wildman–Crippen LogP) is 1.78. The van der Waals surface area contributed by atoms with Gasteiger partial charge in [-0.2, -0.15) is 0 Å². The van der Waals surface area contributed by atoms with Gasteiger partial charge in [0.2, 0.25) is 0 Å². The Morgan fingerprint density at radius 1 is 1.35 bits per heavy atom. The number of nitrogens with zero attached hydrogens (tertiary/aromatic N) is 2. The number of aliphatic imine (C=N–C) groups is 1. The van der Waals surface area contributed by atoms with E-state index in [0.717, 1.165) is 57.3 Å². The average molecular weight is 364 g/mol. The lowest BCUT2D eigenvalue weighted by Crippen LogP contribution is -2.43. The van der Waals surface area contributed by atoms with Crippen molar-refractivity contribution in [2.75, 3.05) is 53.0 Å². The summed E-state index contributed by atoms with van der Waals surface area (Å²) in [7, 11) is 1.79. The molecule has 1 aromatic rings. The first-order chi connectivity index (χ1) is 12.9. The average Bonchev–Trinajstić information content (AvgIpc) is 3.43. The molecule has 0 aromatic carbocycles. The van der Waals surface area contributed by atoms with Crippen LogP contribution in [0.25, 0.3) is 0 Å². The second-order valence-electron chi connectivity index (χ2n) is 6.86. The van der Waals surface area contributed by atoms with Gasteiger partial charge in [-0.1, -0.05) is 0 Å². The molecule has 0 spiro atoms. The highest BCUT2D eigenvalue weighted by Gasteiger charge is 2.25.